The first-order valence-electron chi connectivity index (χ1n) is 10.1. The topological polar surface area (TPSA) is 44.7 Å². The summed E-state index contributed by atoms with van der Waals surface area (Å²) in [5.74, 6) is 0. The van der Waals surface area contributed by atoms with Gasteiger partial charge in [-0.2, -0.15) is 0 Å². The molecular weight excluding hydrogens is 312 g/mol. The number of aliphatic hydroxyl groups is 1. The monoisotopic (exact) mass is 344 g/mol. The summed E-state index contributed by atoms with van der Waals surface area (Å²) in [5.41, 5.74) is 2.89. The highest BCUT2D eigenvalue weighted by Gasteiger charge is 2.38. The van der Waals surface area contributed by atoms with Gasteiger partial charge in [0.1, 0.15) is 0 Å². The minimum absolute atomic E-state index is 0.100. The second kappa shape index (κ2) is 7.65. The SMILES string of the molecule is OC1CCN(Cc2ccccc2NC2CCC3(CCCO3)CC2)CC1. The highest BCUT2D eigenvalue weighted by atomic mass is 16.5. The van der Waals surface area contributed by atoms with Gasteiger partial charge in [0.05, 0.1) is 11.7 Å². The third-order valence-electron chi connectivity index (χ3n) is 6.41. The molecular formula is C21H32N2O2. The predicted octanol–water partition coefficient (Wildman–Crippen LogP) is 3.55. The van der Waals surface area contributed by atoms with Crippen molar-refractivity contribution in [3.63, 3.8) is 0 Å². The van der Waals surface area contributed by atoms with E-state index in [1.54, 1.807) is 0 Å². The Balaban J connectivity index is 1.35. The number of ether oxygens (including phenoxy) is 1. The molecule has 0 aromatic heterocycles. The standard InChI is InChI=1S/C21H32N2O2/c24-19-8-13-23(14-9-19)16-17-4-1-2-5-20(17)22-18-6-11-21(12-7-18)10-3-15-25-21/h1-2,4-5,18-19,22,24H,3,6-16H2. The summed E-state index contributed by atoms with van der Waals surface area (Å²) in [6.45, 7) is 3.94. The van der Waals surface area contributed by atoms with Crippen LogP contribution in [-0.2, 0) is 11.3 Å². The number of aliphatic hydroxyl groups excluding tert-OH is 1. The number of nitrogens with one attached hydrogen (secondary N) is 1. The van der Waals surface area contributed by atoms with Gasteiger partial charge in [-0.25, -0.2) is 0 Å². The van der Waals surface area contributed by atoms with Crippen LogP contribution in [0.5, 0.6) is 0 Å². The van der Waals surface area contributed by atoms with Gasteiger partial charge in [0.25, 0.3) is 0 Å². The van der Waals surface area contributed by atoms with Gasteiger partial charge < -0.3 is 15.2 Å². The van der Waals surface area contributed by atoms with E-state index < -0.39 is 0 Å². The molecule has 0 unspecified atom stereocenters. The average Bonchev–Trinajstić information content (AvgIpc) is 3.09. The normalized spacial score (nSPS) is 31.5. The summed E-state index contributed by atoms with van der Waals surface area (Å²) >= 11 is 0. The molecule has 25 heavy (non-hydrogen) atoms. The highest BCUT2D eigenvalue weighted by molar-refractivity contribution is 5.51. The van der Waals surface area contributed by atoms with E-state index in [1.807, 2.05) is 0 Å². The number of rotatable bonds is 4. The van der Waals surface area contributed by atoms with Crippen LogP contribution in [0.15, 0.2) is 24.3 Å². The van der Waals surface area contributed by atoms with Crippen LogP contribution in [0.2, 0.25) is 0 Å². The fourth-order valence-corrected chi connectivity index (χ4v) is 4.78. The first kappa shape index (κ1) is 17.3. The Morgan fingerprint density at radius 1 is 1.08 bits per heavy atom. The summed E-state index contributed by atoms with van der Waals surface area (Å²) in [6.07, 6.45) is 9.04. The Morgan fingerprint density at radius 2 is 1.84 bits per heavy atom. The summed E-state index contributed by atoms with van der Waals surface area (Å²) in [7, 11) is 0. The summed E-state index contributed by atoms with van der Waals surface area (Å²) < 4.78 is 6.06. The maximum Gasteiger partial charge on any atom is 0.0685 e. The lowest BCUT2D eigenvalue weighted by molar-refractivity contribution is -0.0263. The van der Waals surface area contributed by atoms with E-state index >= 15 is 0 Å². The van der Waals surface area contributed by atoms with Crippen LogP contribution in [-0.4, -0.2) is 47.4 Å². The van der Waals surface area contributed by atoms with Crippen molar-refractivity contribution in [3.8, 4) is 0 Å². The van der Waals surface area contributed by atoms with E-state index in [-0.39, 0.29) is 11.7 Å². The number of piperidine rings is 1. The number of likely N-dealkylation sites (tertiary alicyclic amines) is 1. The van der Waals surface area contributed by atoms with E-state index in [9.17, 15) is 5.11 Å². The first-order valence-corrected chi connectivity index (χ1v) is 10.1. The van der Waals surface area contributed by atoms with Crippen molar-refractivity contribution in [1.29, 1.82) is 0 Å². The smallest absolute Gasteiger partial charge is 0.0685 e. The fourth-order valence-electron chi connectivity index (χ4n) is 4.78. The second-order valence-electron chi connectivity index (χ2n) is 8.22. The van der Waals surface area contributed by atoms with E-state index in [1.165, 1.54) is 49.8 Å². The minimum atomic E-state index is -0.100. The maximum absolute atomic E-state index is 9.70. The molecule has 2 N–H and O–H groups in total. The lowest BCUT2D eigenvalue weighted by atomic mass is 9.80. The van der Waals surface area contributed by atoms with Gasteiger partial charge in [0.15, 0.2) is 0 Å². The molecule has 3 fully saturated rings. The first-order chi connectivity index (χ1) is 12.2. The molecule has 4 heteroatoms. The third-order valence-corrected chi connectivity index (χ3v) is 6.41. The van der Waals surface area contributed by atoms with Crippen LogP contribution < -0.4 is 5.32 Å². The summed E-state index contributed by atoms with van der Waals surface area (Å²) in [4.78, 5) is 2.47. The summed E-state index contributed by atoms with van der Waals surface area (Å²) in [6, 6.07) is 9.32. The molecule has 0 amide bonds. The van der Waals surface area contributed by atoms with E-state index in [2.05, 4.69) is 34.5 Å². The van der Waals surface area contributed by atoms with E-state index in [0.717, 1.165) is 39.1 Å². The molecule has 4 rings (SSSR count). The van der Waals surface area contributed by atoms with Crippen LogP contribution in [0, 0.1) is 0 Å². The molecule has 1 spiro atoms. The van der Waals surface area contributed by atoms with Gasteiger partial charge in [-0.15, -0.1) is 0 Å². The third kappa shape index (κ3) is 4.18. The molecule has 2 saturated heterocycles. The minimum Gasteiger partial charge on any atom is -0.393 e. The number of anilines is 1. The maximum atomic E-state index is 9.70. The molecule has 1 aliphatic carbocycles. The molecule has 0 radical (unpaired) electrons. The van der Waals surface area contributed by atoms with Crippen molar-refractivity contribution in [3.05, 3.63) is 29.8 Å². The van der Waals surface area contributed by atoms with Gasteiger partial charge in [-0.1, -0.05) is 18.2 Å². The zero-order chi connectivity index (χ0) is 17.1. The lowest BCUT2D eigenvalue weighted by Crippen LogP contribution is -2.38. The molecule has 2 heterocycles. The van der Waals surface area contributed by atoms with Gasteiger partial charge >= 0.3 is 0 Å². The number of benzene rings is 1. The van der Waals surface area contributed by atoms with Crippen molar-refractivity contribution in [2.75, 3.05) is 25.0 Å². The van der Waals surface area contributed by atoms with Crippen molar-refractivity contribution in [1.82, 2.24) is 4.90 Å². The van der Waals surface area contributed by atoms with Gasteiger partial charge in [-0.3, -0.25) is 4.90 Å². The number of hydrogen-bond acceptors (Lipinski definition) is 4. The van der Waals surface area contributed by atoms with E-state index in [4.69, 9.17) is 4.74 Å². The highest BCUT2D eigenvalue weighted by Crippen LogP contribution is 2.40. The molecule has 1 aromatic carbocycles. The molecule has 1 aromatic rings. The molecule has 138 valence electrons. The molecule has 0 bridgehead atoms. The molecule has 0 atom stereocenters. The van der Waals surface area contributed by atoms with Gasteiger partial charge in [0, 0.05) is 38.0 Å². The fraction of sp³-hybridized carbons (Fsp3) is 0.714. The van der Waals surface area contributed by atoms with E-state index in [0.29, 0.717) is 6.04 Å². The Bertz CT molecular complexity index is 553. The van der Waals surface area contributed by atoms with Crippen molar-refractivity contribution < 1.29 is 9.84 Å². The van der Waals surface area contributed by atoms with Crippen molar-refractivity contribution in [2.24, 2.45) is 0 Å². The quantitative estimate of drug-likeness (QED) is 0.877. The average molecular weight is 344 g/mol. The molecule has 2 aliphatic heterocycles. The Kier molecular flexibility index (Phi) is 5.30. The van der Waals surface area contributed by atoms with Crippen LogP contribution in [0.3, 0.4) is 0 Å². The molecule has 4 nitrogen and oxygen atoms in total. The number of para-hydroxylation sites is 1. The van der Waals surface area contributed by atoms with Crippen molar-refractivity contribution in [2.45, 2.75) is 75.7 Å². The molecule has 3 aliphatic rings. The molecule has 1 saturated carbocycles. The van der Waals surface area contributed by atoms with Crippen molar-refractivity contribution >= 4 is 5.69 Å². The van der Waals surface area contributed by atoms with Gasteiger partial charge in [0.2, 0.25) is 0 Å². The Hall–Kier alpha value is -1.10. The van der Waals surface area contributed by atoms with Crippen LogP contribution >= 0.6 is 0 Å². The zero-order valence-electron chi connectivity index (χ0n) is 15.3. The summed E-state index contributed by atoms with van der Waals surface area (Å²) in [5, 5.41) is 13.5. The Morgan fingerprint density at radius 3 is 2.56 bits per heavy atom. The van der Waals surface area contributed by atoms with Crippen LogP contribution in [0.4, 0.5) is 5.69 Å². The Labute approximate surface area is 151 Å². The number of hydrogen-bond donors (Lipinski definition) is 2. The lowest BCUT2D eigenvalue weighted by Gasteiger charge is -2.37. The largest absolute Gasteiger partial charge is 0.393 e. The number of nitrogens with zero attached hydrogens (tertiary/aromatic N) is 1. The zero-order valence-corrected chi connectivity index (χ0v) is 15.3. The second-order valence-corrected chi connectivity index (χ2v) is 8.22. The van der Waals surface area contributed by atoms with Gasteiger partial charge in [-0.05, 0) is 63.0 Å². The predicted molar refractivity (Wildman–Crippen MR) is 101 cm³/mol. The van der Waals surface area contributed by atoms with Crippen LogP contribution in [0.1, 0.15) is 56.9 Å². The van der Waals surface area contributed by atoms with Crippen LogP contribution in [0.25, 0.3) is 0 Å².